The second-order valence-electron chi connectivity index (χ2n) is 7.27. The van der Waals surface area contributed by atoms with Crippen LogP contribution in [-0.2, 0) is 16.0 Å². The van der Waals surface area contributed by atoms with E-state index in [4.69, 9.17) is 14.2 Å². The van der Waals surface area contributed by atoms with Crippen LogP contribution in [0.15, 0.2) is 48.5 Å². The van der Waals surface area contributed by atoms with E-state index in [1.807, 2.05) is 0 Å². The minimum Gasteiger partial charge on any atom is -0.496 e. The van der Waals surface area contributed by atoms with Crippen LogP contribution in [0.2, 0.25) is 0 Å². The molecule has 0 saturated heterocycles. The highest BCUT2D eigenvalue weighted by Gasteiger charge is 2.43. The predicted molar refractivity (Wildman–Crippen MR) is 116 cm³/mol. The van der Waals surface area contributed by atoms with Gasteiger partial charge in [-0.2, -0.15) is 8.78 Å². The number of hydrogen-bond acceptors (Lipinski definition) is 6. The molecule has 1 N–H and O–H groups in total. The van der Waals surface area contributed by atoms with Crippen LogP contribution in [0.5, 0.6) is 11.5 Å². The molecule has 7 nitrogen and oxygen atoms in total. The summed E-state index contributed by atoms with van der Waals surface area (Å²) in [5.74, 6) is -1.22. The fourth-order valence-corrected chi connectivity index (χ4v) is 4.06. The summed E-state index contributed by atoms with van der Waals surface area (Å²) in [4.78, 5) is 26.2. The fourth-order valence-electron chi connectivity index (χ4n) is 4.06. The van der Waals surface area contributed by atoms with Gasteiger partial charge in [0.1, 0.15) is 11.5 Å². The molecule has 1 heterocycles. The molecule has 33 heavy (non-hydrogen) atoms. The lowest BCUT2D eigenvalue weighted by atomic mass is 9.98. The Morgan fingerprint density at radius 1 is 1.09 bits per heavy atom. The zero-order chi connectivity index (χ0) is 23.7. The van der Waals surface area contributed by atoms with E-state index < -0.39 is 18.7 Å². The first kappa shape index (κ1) is 22.5. The van der Waals surface area contributed by atoms with Gasteiger partial charge in [-0.15, -0.1) is 0 Å². The monoisotopic (exact) mass is 457 g/mol. The smallest absolute Gasteiger partial charge is 0.387 e. The summed E-state index contributed by atoms with van der Waals surface area (Å²) in [6, 6.07) is 12.9. The molecular formula is C24H21F2NO6. The van der Waals surface area contributed by atoms with Gasteiger partial charge in [-0.25, -0.2) is 0 Å². The van der Waals surface area contributed by atoms with Crippen LogP contribution < -0.4 is 14.4 Å². The molecule has 1 aliphatic rings. The molecule has 9 heteroatoms. The van der Waals surface area contributed by atoms with Crippen LogP contribution in [-0.4, -0.2) is 37.3 Å². The Morgan fingerprint density at radius 2 is 1.73 bits per heavy atom. The maximum Gasteiger partial charge on any atom is 0.387 e. The lowest BCUT2D eigenvalue weighted by Crippen LogP contribution is -2.27. The SMILES string of the molecule is CCOC(=O)Cc1ccc(N2C(=O)c3c(c(OC)c4ccccc4c3OC(F)F)C2O)cc1. The zero-order valence-corrected chi connectivity index (χ0v) is 17.9. The number of benzene rings is 3. The molecule has 0 aromatic heterocycles. The van der Waals surface area contributed by atoms with Gasteiger partial charge in [-0.1, -0.05) is 36.4 Å². The number of halogens is 2. The van der Waals surface area contributed by atoms with E-state index in [1.54, 1.807) is 55.5 Å². The molecule has 3 aromatic carbocycles. The summed E-state index contributed by atoms with van der Waals surface area (Å²) < 4.78 is 41.7. The summed E-state index contributed by atoms with van der Waals surface area (Å²) in [7, 11) is 1.37. The van der Waals surface area contributed by atoms with E-state index in [9.17, 15) is 23.5 Å². The summed E-state index contributed by atoms with van der Waals surface area (Å²) in [6.07, 6.45) is -1.45. The van der Waals surface area contributed by atoms with E-state index in [2.05, 4.69) is 0 Å². The first-order chi connectivity index (χ1) is 15.9. The molecule has 1 amide bonds. The first-order valence-electron chi connectivity index (χ1n) is 10.2. The van der Waals surface area contributed by atoms with Crippen LogP contribution in [0.4, 0.5) is 14.5 Å². The van der Waals surface area contributed by atoms with Crippen molar-refractivity contribution in [3.8, 4) is 11.5 Å². The maximum absolute atomic E-state index is 13.4. The number of anilines is 1. The molecule has 172 valence electrons. The number of amides is 1. The minimum absolute atomic E-state index is 0.0486. The van der Waals surface area contributed by atoms with Gasteiger partial charge >= 0.3 is 12.6 Å². The number of nitrogens with zero attached hydrogens (tertiary/aromatic N) is 1. The minimum atomic E-state index is -3.17. The lowest BCUT2D eigenvalue weighted by Gasteiger charge is -2.22. The van der Waals surface area contributed by atoms with Crippen molar-refractivity contribution in [1.29, 1.82) is 0 Å². The number of methoxy groups -OCH3 is 1. The number of ether oxygens (including phenoxy) is 3. The average molecular weight is 457 g/mol. The number of aliphatic hydroxyl groups is 1. The van der Waals surface area contributed by atoms with Crippen molar-refractivity contribution in [3.05, 3.63) is 65.2 Å². The lowest BCUT2D eigenvalue weighted by molar-refractivity contribution is -0.142. The summed E-state index contributed by atoms with van der Waals surface area (Å²) in [5.41, 5.74) is 0.827. The van der Waals surface area contributed by atoms with Crippen molar-refractivity contribution in [1.82, 2.24) is 0 Å². The van der Waals surface area contributed by atoms with E-state index in [-0.39, 0.29) is 47.0 Å². The largest absolute Gasteiger partial charge is 0.496 e. The average Bonchev–Trinajstić information content (AvgIpc) is 3.05. The van der Waals surface area contributed by atoms with Crippen molar-refractivity contribution in [2.45, 2.75) is 26.2 Å². The van der Waals surface area contributed by atoms with E-state index in [0.717, 1.165) is 4.90 Å². The van der Waals surface area contributed by atoms with Gasteiger partial charge < -0.3 is 19.3 Å². The van der Waals surface area contributed by atoms with Crippen LogP contribution >= 0.6 is 0 Å². The Bertz CT molecular complexity index is 1210. The van der Waals surface area contributed by atoms with E-state index in [0.29, 0.717) is 16.6 Å². The van der Waals surface area contributed by atoms with Gasteiger partial charge in [0, 0.05) is 16.5 Å². The number of alkyl halides is 2. The van der Waals surface area contributed by atoms with E-state index >= 15 is 0 Å². The Hall–Kier alpha value is -3.72. The molecule has 0 radical (unpaired) electrons. The number of fused-ring (bicyclic) bond motifs is 2. The van der Waals surface area contributed by atoms with Gasteiger partial charge in [0.05, 0.1) is 31.3 Å². The van der Waals surface area contributed by atoms with Crippen LogP contribution in [0.3, 0.4) is 0 Å². The number of hydrogen-bond donors (Lipinski definition) is 1. The van der Waals surface area contributed by atoms with Gasteiger partial charge in [-0.05, 0) is 24.6 Å². The molecule has 1 atom stereocenters. The van der Waals surface area contributed by atoms with Gasteiger partial charge in [0.15, 0.2) is 6.23 Å². The zero-order valence-electron chi connectivity index (χ0n) is 17.9. The first-order valence-corrected chi connectivity index (χ1v) is 10.2. The second kappa shape index (κ2) is 9.03. The standard InChI is InChI=1S/C24H21F2NO6/c1-3-32-17(28)12-13-8-10-14(11-9-13)27-22(29)18-19(23(27)30)21(33-24(25)26)16-7-5-4-6-15(16)20(18)31-2/h4-11,22,24,29H,3,12H2,1-2H3. The Labute approximate surface area is 188 Å². The third-order valence-corrected chi connectivity index (χ3v) is 5.37. The predicted octanol–water partition coefficient (Wildman–Crippen LogP) is 4.21. The van der Waals surface area contributed by atoms with Crippen molar-refractivity contribution >= 4 is 28.3 Å². The Balaban J connectivity index is 1.80. The highest BCUT2D eigenvalue weighted by Crippen LogP contribution is 2.50. The molecule has 4 rings (SSSR count). The summed E-state index contributed by atoms with van der Waals surface area (Å²) in [5, 5.41) is 11.8. The topological polar surface area (TPSA) is 85.3 Å². The highest BCUT2D eigenvalue weighted by molar-refractivity contribution is 6.17. The van der Waals surface area contributed by atoms with Crippen LogP contribution in [0.1, 0.15) is 34.6 Å². The van der Waals surface area contributed by atoms with E-state index in [1.165, 1.54) is 7.11 Å². The third kappa shape index (κ3) is 3.95. The maximum atomic E-state index is 13.4. The molecule has 0 fully saturated rings. The molecule has 1 unspecified atom stereocenters. The highest BCUT2D eigenvalue weighted by atomic mass is 19.3. The quantitative estimate of drug-likeness (QED) is 0.535. The molecular weight excluding hydrogens is 436 g/mol. The van der Waals surface area contributed by atoms with Gasteiger partial charge in [0.2, 0.25) is 0 Å². The van der Waals surface area contributed by atoms with Crippen molar-refractivity contribution in [2.24, 2.45) is 0 Å². The van der Waals surface area contributed by atoms with Gasteiger partial charge in [0.25, 0.3) is 5.91 Å². The molecule has 0 aliphatic carbocycles. The summed E-state index contributed by atoms with van der Waals surface area (Å²) >= 11 is 0. The van der Waals surface area contributed by atoms with Crippen molar-refractivity contribution < 1.29 is 37.7 Å². The number of esters is 1. The number of carbonyl (C=O) groups is 2. The van der Waals surface area contributed by atoms with Crippen molar-refractivity contribution in [2.75, 3.05) is 18.6 Å². The molecule has 0 saturated carbocycles. The van der Waals surface area contributed by atoms with Crippen LogP contribution in [0, 0.1) is 0 Å². The normalized spacial score (nSPS) is 15.2. The van der Waals surface area contributed by atoms with Crippen molar-refractivity contribution in [3.63, 3.8) is 0 Å². The molecule has 0 bridgehead atoms. The number of aliphatic hydroxyl groups excluding tert-OH is 1. The fraction of sp³-hybridized carbons (Fsp3) is 0.250. The Kier molecular flexibility index (Phi) is 6.15. The van der Waals surface area contributed by atoms with Gasteiger partial charge in [-0.3, -0.25) is 14.5 Å². The Morgan fingerprint density at radius 3 is 2.30 bits per heavy atom. The second-order valence-corrected chi connectivity index (χ2v) is 7.27. The summed E-state index contributed by atoms with van der Waals surface area (Å²) in [6.45, 7) is -1.20. The van der Waals surface area contributed by atoms with Crippen LogP contribution in [0.25, 0.3) is 10.8 Å². The third-order valence-electron chi connectivity index (χ3n) is 5.37. The molecule has 3 aromatic rings. The number of carbonyl (C=O) groups excluding carboxylic acids is 2. The number of rotatable bonds is 7. The molecule has 0 spiro atoms. The molecule has 1 aliphatic heterocycles.